The van der Waals surface area contributed by atoms with E-state index in [0.29, 0.717) is 5.56 Å². The third-order valence-corrected chi connectivity index (χ3v) is 3.67. The molecule has 3 rings (SSSR count). The third kappa shape index (κ3) is 5.04. The first-order valence-corrected chi connectivity index (χ1v) is 8.07. The number of hydrogen-bond donors (Lipinski definition) is 2. The second-order valence-corrected chi connectivity index (χ2v) is 5.53. The molecule has 0 aliphatic heterocycles. The van der Waals surface area contributed by atoms with Gasteiger partial charge in [0.1, 0.15) is 0 Å². The molecule has 0 saturated carbocycles. The Morgan fingerprint density at radius 2 is 1.48 bits per heavy atom. The van der Waals surface area contributed by atoms with Gasteiger partial charge in [0.05, 0.1) is 6.21 Å². The van der Waals surface area contributed by atoms with Gasteiger partial charge in [-0.2, -0.15) is 5.10 Å². The zero-order chi connectivity index (χ0) is 17.3. The molecule has 0 unspecified atom stereocenters. The molecule has 0 aliphatic carbocycles. The van der Waals surface area contributed by atoms with Crippen molar-refractivity contribution in [3.63, 3.8) is 0 Å². The normalized spacial score (nSPS) is 10.6. The summed E-state index contributed by atoms with van der Waals surface area (Å²) in [5.74, 6) is -0.234. The Morgan fingerprint density at radius 1 is 0.840 bits per heavy atom. The molecule has 124 valence electrons. The highest BCUT2D eigenvalue weighted by Crippen LogP contribution is 2.11. The Hall–Kier alpha value is -3.40. The molecule has 0 bridgehead atoms. The fraction of sp³-hybridized carbons (Fsp3) is 0.0476. The van der Waals surface area contributed by atoms with Crippen molar-refractivity contribution in [3.05, 3.63) is 102 Å². The molecule has 3 aromatic carbocycles. The number of hydrogen-bond acceptors (Lipinski definition) is 3. The first-order valence-electron chi connectivity index (χ1n) is 8.07. The summed E-state index contributed by atoms with van der Waals surface area (Å²) in [5, 5.41) is 7.31. The second kappa shape index (κ2) is 8.45. The van der Waals surface area contributed by atoms with E-state index in [2.05, 4.69) is 28.0 Å². The summed E-state index contributed by atoms with van der Waals surface area (Å²) in [4.78, 5) is 12.1. The highest BCUT2D eigenvalue weighted by Gasteiger charge is 2.03. The van der Waals surface area contributed by atoms with Crippen LogP contribution in [0, 0.1) is 0 Å². The summed E-state index contributed by atoms with van der Waals surface area (Å²) in [6.45, 7) is 0.744. The summed E-state index contributed by atoms with van der Waals surface area (Å²) < 4.78 is 0. The smallest absolute Gasteiger partial charge is 0.271 e. The molecular formula is C21H19N3O. The van der Waals surface area contributed by atoms with Crippen LogP contribution in [0.2, 0.25) is 0 Å². The number of carbonyl (C=O) groups excluding carboxylic acids is 1. The number of amides is 1. The van der Waals surface area contributed by atoms with Crippen LogP contribution in [0.25, 0.3) is 0 Å². The van der Waals surface area contributed by atoms with Crippen molar-refractivity contribution in [2.75, 3.05) is 5.32 Å². The summed E-state index contributed by atoms with van der Waals surface area (Å²) in [7, 11) is 0. The molecule has 0 fully saturated rings. The minimum atomic E-state index is -0.234. The zero-order valence-corrected chi connectivity index (χ0v) is 13.7. The summed E-state index contributed by atoms with van der Waals surface area (Å²) in [6, 6.07) is 27.1. The predicted octanol–water partition coefficient (Wildman–Crippen LogP) is 4.06. The first kappa shape index (κ1) is 16.5. The van der Waals surface area contributed by atoms with E-state index in [1.807, 2.05) is 60.7 Å². The van der Waals surface area contributed by atoms with E-state index in [4.69, 9.17) is 0 Å². The Balaban J connectivity index is 1.52. The standard InChI is InChI=1S/C21H19N3O/c25-21(24-23-16-18-9-5-2-6-10-18)19-11-13-20(14-12-19)22-15-17-7-3-1-4-8-17/h1-14,16,22H,15H2,(H,24,25)/b23-16-. The summed E-state index contributed by atoms with van der Waals surface area (Å²) in [5.41, 5.74) is 6.21. The molecule has 2 N–H and O–H groups in total. The number of nitrogens with zero attached hydrogens (tertiary/aromatic N) is 1. The lowest BCUT2D eigenvalue weighted by Gasteiger charge is -2.07. The van der Waals surface area contributed by atoms with Gasteiger partial charge in [-0.1, -0.05) is 60.7 Å². The van der Waals surface area contributed by atoms with Crippen LogP contribution in [0.4, 0.5) is 5.69 Å². The van der Waals surface area contributed by atoms with Crippen LogP contribution < -0.4 is 10.7 Å². The van der Waals surface area contributed by atoms with Crippen molar-refractivity contribution in [3.8, 4) is 0 Å². The molecule has 4 heteroatoms. The highest BCUT2D eigenvalue weighted by molar-refractivity contribution is 5.95. The van der Waals surface area contributed by atoms with E-state index in [9.17, 15) is 4.79 Å². The van der Waals surface area contributed by atoms with Crippen molar-refractivity contribution in [1.29, 1.82) is 0 Å². The molecule has 4 nitrogen and oxygen atoms in total. The fourth-order valence-electron chi connectivity index (χ4n) is 2.31. The lowest BCUT2D eigenvalue weighted by atomic mass is 10.2. The first-order chi connectivity index (χ1) is 12.3. The second-order valence-electron chi connectivity index (χ2n) is 5.53. The van der Waals surface area contributed by atoms with E-state index < -0.39 is 0 Å². The lowest BCUT2D eigenvalue weighted by molar-refractivity contribution is 0.0955. The van der Waals surface area contributed by atoms with Crippen molar-refractivity contribution >= 4 is 17.8 Å². The van der Waals surface area contributed by atoms with Crippen LogP contribution in [0.15, 0.2) is 90.0 Å². The van der Waals surface area contributed by atoms with Crippen LogP contribution in [-0.4, -0.2) is 12.1 Å². The van der Waals surface area contributed by atoms with Gasteiger partial charge in [0.25, 0.3) is 5.91 Å². The maximum atomic E-state index is 12.1. The quantitative estimate of drug-likeness (QED) is 0.529. The largest absolute Gasteiger partial charge is 0.381 e. The monoisotopic (exact) mass is 329 g/mol. The van der Waals surface area contributed by atoms with E-state index in [-0.39, 0.29) is 5.91 Å². The van der Waals surface area contributed by atoms with E-state index >= 15 is 0 Å². The Morgan fingerprint density at radius 3 is 2.16 bits per heavy atom. The molecule has 0 atom stereocenters. The van der Waals surface area contributed by atoms with Crippen LogP contribution in [-0.2, 0) is 6.54 Å². The number of benzene rings is 3. The van der Waals surface area contributed by atoms with Gasteiger partial charge in [0, 0.05) is 17.8 Å². The Kier molecular flexibility index (Phi) is 5.56. The van der Waals surface area contributed by atoms with Crippen molar-refractivity contribution in [1.82, 2.24) is 5.43 Å². The SMILES string of the molecule is O=C(N/N=C\c1ccccc1)c1ccc(NCc2ccccc2)cc1. The van der Waals surface area contributed by atoms with Gasteiger partial charge in [0.2, 0.25) is 0 Å². The molecule has 0 aliphatic rings. The number of hydrazone groups is 1. The molecule has 0 aromatic heterocycles. The maximum absolute atomic E-state index is 12.1. The minimum absolute atomic E-state index is 0.234. The molecule has 0 heterocycles. The predicted molar refractivity (Wildman–Crippen MR) is 102 cm³/mol. The van der Waals surface area contributed by atoms with Crippen molar-refractivity contribution < 1.29 is 4.79 Å². The molecule has 3 aromatic rings. The van der Waals surface area contributed by atoms with Crippen molar-refractivity contribution in [2.45, 2.75) is 6.54 Å². The van der Waals surface area contributed by atoms with Gasteiger partial charge < -0.3 is 5.32 Å². The van der Waals surface area contributed by atoms with Gasteiger partial charge in [-0.15, -0.1) is 0 Å². The number of anilines is 1. The molecule has 1 amide bonds. The Labute approximate surface area is 147 Å². The molecule has 0 saturated heterocycles. The van der Waals surface area contributed by atoms with E-state index in [1.54, 1.807) is 18.3 Å². The van der Waals surface area contributed by atoms with Crippen LogP contribution >= 0.6 is 0 Å². The van der Waals surface area contributed by atoms with Gasteiger partial charge in [0.15, 0.2) is 0 Å². The number of nitrogens with one attached hydrogen (secondary N) is 2. The van der Waals surface area contributed by atoms with Crippen molar-refractivity contribution in [2.24, 2.45) is 5.10 Å². The Bertz CT molecular complexity index is 828. The topological polar surface area (TPSA) is 53.5 Å². The maximum Gasteiger partial charge on any atom is 0.271 e. The minimum Gasteiger partial charge on any atom is -0.381 e. The third-order valence-electron chi connectivity index (χ3n) is 3.67. The fourth-order valence-corrected chi connectivity index (χ4v) is 2.31. The van der Waals surface area contributed by atoms with E-state index in [0.717, 1.165) is 17.8 Å². The molecule has 0 radical (unpaired) electrons. The van der Waals surface area contributed by atoms with Crippen LogP contribution in [0.5, 0.6) is 0 Å². The van der Waals surface area contributed by atoms with E-state index in [1.165, 1.54) is 5.56 Å². The summed E-state index contributed by atoms with van der Waals surface area (Å²) in [6.07, 6.45) is 1.62. The van der Waals surface area contributed by atoms with Crippen LogP contribution in [0.1, 0.15) is 21.5 Å². The van der Waals surface area contributed by atoms with Gasteiger partial charge in [-0.05, 0) is 35.4 Å². The highest BCUT2D eigenvalue weighted by atomic mass is 16.2. The average molecular weight is 329 g/mol. The molecule has 0 spiro atoms. The number of rotatable bonds is 6. The zero-order valence-electron chi connectivity index (χ0n) is 13.7. The van der Waals surface area contributed by atoms with Crippen LogP contribution in [0.3, 0.4) is 0 Å². The number of carbonyl (C=O) groups is 1. The molecular weight excluding hydrogens is 310 g/mol. The van der Waals surface area contributed by atoms with Gasteiger partial charge >= 0.3 is 0 Å². The lowest BCUT2D eigenvalue weighted by Crippen LogP contribution is -2.17. The molecule has 25 heavy (non-hydrogen) atoms. The van der Waals surface area contributed by atoms with Gasteiger partial charge in [-0.25, -0.2) is 5.43 Å². The summed E-state index contributed by atoms with van der Waals surface area (Å²) >= 11 is 0. The van der Waals surface area contributed by atoms with Gasteiger partial charge in [-0.3, -0.25) is 4.79 Å². The average Bonchev–Trinajstić information content (AvgIpc) is 2.68.